The first-order chi connectivity index (χ1) is 7.43. The van der Waals surface area contributed by atoms with Crippen molar-refractivity contribution in [1.29, 1.82) is 0 Å². The van der Waals surface area contributed by atoms with E-state index in [4.69, 9.17) is 0 Å². The molecule has 1 heterocycles. The van der Waals surface area contributed by atoms with Crippen LogP contribution in [-0.2, 0) is 7.05 Å². The first kappa shape index (κ1) is 10.8. The van der Waals surface area contributed by atoms with Gasteiger partial charge in [-0.15, -0.1) is 0 Å². The van der Waals surface area contributed by atoms with Crippen molar-refractivity contribution in [2.45, 2.75) is 26.7 Å². The zero-order valence-corrected chi connectivity index (χ0v) is 9.87. The molecule has 0 saturated heterocycles. The molecule has 84 valence electrons. The highest BCUT2D eigenvalue weighted by molar-refractivity contribution is 6.22. The third-order valence-corrected chi connectivity index (χ3v) is 2.80. The number of imidazole rings is 1. The van der Waals surface area contributed by atoms with Gasteiger partial charge in [0.2, 0.25) is 11.6 Å². The SMILES string of the molecule is CC1=CC(=O)c2c(nc(C(C)C)n2C)C1=O. The minimum absolute atomic E-state index is 0.131. The van der Waals surface area contributed by atoms with Crippen LogP contribution in [-0.4, -0.2) is 21.1 Å². The second-order valence-electron chi connectivity index (χ2n) is 4.40. The van der Waals surface area contributed by atoms with Crippen LogP contribution in [0, 0.1) is 0 Å². The molecule has 2 rings (SSSR count). The summed E-state index contributed by atoms with van der Waals surface area (Å²) in [4.78, 5) is 27.9. The van der Waals surface area contributed by atoms with Gasteiger partial charge in [0.15, 0.2) is 0 Å². The second-order valence-corrected chi connectivity index (χ2v) is 4.40. The summed E-state index contributed by atoms with van der Waals surface area (Å²) in [5, 5.41) is 0. The van der Waals surface area contributed by atoms with Crippen LogP contribution in [0.1, 0.15) is 53.5 Å². The molecule has 1 aromatic heterocycles. The van der Waals surface area contributed by atoms with Gasteiger partial charge in [-0.25, -0.2) is 4.98 Å². The van der Waals surface area contributed by atoms with Crippen LogP contribution in [0.15, 0.2) is 11.6 Å². The molecular formula is C12H14N2O2. The number of carbonyl (C=O) groups is 2. The molecule has 0 radical (unpaired) electrons. The number of fused-ring (bicyclic) bond motifs is 1. The third-order valence-electron chi connectivity index (χ3n) is 2.80. The van der Waals surface area contributed by atoms with E-state index in [1.54, 1.807) is 18.5 Å². The Kier molecular flexibility index (Phi) is 2.30. The minimum Gasteiger partial charge on any atom is -0.328 e. The van der Waals surface area contributed by atoms with E-state index in [0.717, 1.165) is 5.82 Å². The minimum atomic E-state index is -0.142. The lowest BCUT2D eigenvalue weighted by molar-refractivity contribution is 0.0977. The average molecular weight is 218 g/mol. The van der Waals surface area contributed by atoms with E-state index in [-0.39, 0.29) is 17.5 Å². The number of Topliss-reactive ketones (excluding diaryl/α,β-unsaturated/α-hetero) is 1. The fourth-order valence-corrected chi connectivity index (χ4v) is 1.99. The van der Waals surface area contributed by atoms with Gasteiger partial charge in [-0.3, -0.25) is 9.59 Å². The van der Waals surface area contributed by atoms with Gasteiger partial charge >= 0.3 is 0 Å². The summed E-state index contributed by atoms with van der Waals surface area (Å²) in [6.07, 6.45) is 1.39. The standard InChI is InChI=1S/C12H14N2O2/c1-6(2)12-13-9-10(14(12)4)8(15)5-7(3)11(9)16/h5-6H,1-4H3. The van der Waals surface area contributed by atoms with Crippen LogP contribution in [0.3, 0.4) is 0 Å². The van der Waals surface area contributed by atoms with E-state index in [1.165, 1.54) is 6.08 Å². The van der Waals surface area contributed by atoms with Crippen LogP contribution in [0.25, 0.3) is 0 Å². The lowest BCUT2D eigenvalue weighted by atomic mass is 9.99. The summed E-state index contributed by atoms with van der Waals surface area (Å²) in [7, 11) is 1.78. The number of hydrogen-bond donors (Lipinski definition) is 0. The van der Waals surface area contributed by atoms with Crippen molar-refractivity contribution >= 4 is 11.6 Å². The fourth-order valence-electron chi connectivity index (χ4n) is 1.99. The average Bonchev–Trinajstić information content (AvgIpc) is 2.53. The molecule has 0 unspecified atom stereocenters. The number of ketones is 2. The molecule has 1 aliphatic carbocycles. The van der Waals surface area contributed by atoms with Crippen molar-refractivity contribution < 1.29 is 9.59 Å². The molecule has 0 aliphatic heterocycles. The van der Waals surface area contributed by atoms with Gasteiger partial charge in [-0.2, -0.15) is 0 Å². The highest BCUT2D eigenvalue weighted by Crippen LogP contribution is 2.24. The van der Waals surface area contributed by atoms with Crippen LogP contribution in [0.5, 0.6) is 0 Å². The first-order valence-electron chi connectivity index (χ1n) is 5.27. The van der Waals surface area contributed by atoms with Crippen molar-refractivity contribution in [1.82, 2.24) is 9.55 Å². The predicted octanol–water partition coefficient (Wildman–Crippen LogP) is 1.87. The molecule has 4 nitrogen and oxygen atoms in total. The van der Waals surface area contributed by atoms with E-state index in [0.29, 0.717) is 17.0 Å². The maximum atomic E-state index is 11.9. The predicted molar refractivity (Wildman–Crippen MR) is 59.7 cm³/mol. The van der Waals surface area contributed by atoms with Crippen molar-refractivity contribution in [3.05, 3.63) is 28.9 Å². The molecule has 16 heavy (non-hydrogen) atoms. The van der Waals surface area contributed by atoms with Crippen molar-refractivity contribution in [3.8, 4) is 0 Å². The Morgan fingerprint density at radius 3 is 2.50 bits per heavy atom. The Labute approximate surface area is 94.0 Å². The van der Waals surface area contributed by atoms with E-state index < -0.39 is 0 Å². The number of nitrogens with zero attached hydrogens (tertiary/aromatic N) is 2. The molecule has 0 fully saturated rings. The van der Waals surface area contributed by atoms with Gasteiger partial charge in [-0.05, 0) is 13.0 Å². The Hall–Kier alpha value is -1.71. The van der Waals surface area contributed by atoms with E-state index in [2.05, 4.69) is 4.98 Å². The van der Waals surface area contributed by atoms with Crippen LogP contribution in [0.4, 0.5) is 0 Å². The third kappa shape index (κ3) is 1.33. The summed E-state index contributed by atoms with van der Waals surface area (Å²) in [6, 6.07) is 0. The number of aromatic nitrogens is 2. The number of allylic oxidation sites excluding steroid dienone is 2. The summed E-state index contributed by atoms with van der Waals surface area (Å²) in [5.74, 6) is 0.692. The highest BCUT2D eigenvalue weighted by Gasteiger charge is 2.30. The molecule has 0 saturated carbocycles. The van der Waals surface area contributed by atoms with E-state index >= 15 is 0 Å². The van der Waals surface area contributed by atoms with Gasteiger partial charge in [-0.1, -0.05) is 13.8 Å². The van der Waals surface area contributed by atoms with Gasteiger partial charge in [0.1, 0.15) is 17.2 Å². The number of rotatable bonds is 1. The maximum Gasteiger partial charge on any atom is 0.209 e. The largest absolute Gasteiger partial charge is 0.328 e. The van der Waals surface area contributed by atoms with Gasteiger partial charge in [0.05, 0.1) is 0 Å². The molecule has 0 aromatic carbocycles. The Balaban J connectivity index is 2.69. The topological polar surface area (TPSA) is 52.0 Å². The van der Waals surface area contributed by atoms with Crippen molar-refractivity contribution in [2.75, 3.05) is 0 Å². The zero-order chi connectivity index (χ0) is 12.0. The zero-order valence-electron chi connectivity index (χ0n) is 9.87. The van der Waals surface area contributed by atoms with Gasteiger partial charge in [0.25, 0.3) is 0 Å². The number of hydrogen-bond acceptors (Lipinski definition) is 3. The molecule has 4 heteroatoms. The normalized spacial score (nSPS) is 15.4. The summed E-state index contributed by atoms with van der Waals surface area (Å²) >= 11 is 0. The Bertz CT molecular complexity index is 521. The first-order valence-corrected chi connectivity index (χ1v) is 5.27. The lowest BCUT2D eigenvalue weighted by Gasteiger charge is -2.09. The van der Waals surface area contributed by atoms with Crippen LogP contribution in [0.2, 0.25) is 0 Å². The van der Waals surface area contributed by atoms with E-state index in [1.807, 2.05) is 13.8 Å². The molecule has 0 atom stereocenters. The fraction of sp³-hybridized carbons (Fsp3) is 0.417. The molecular weight excluding hydrogens is 204 g/mol. The van der Waals surface area contributed by atoms with Crippen molar-refractivity contribution in [3.63, 3.8) is 0 Å². The second kappa shape index (κ2) is 3.40. The van der Waals surface area contributed by atoms with Crippen molar-refractivity contribution in [2.24, 2.45) is 7.05 Å². The Morgan fingerprint density at radius 2 is 1.94 bits per heavy atom. The van der Waals surface area contributed by atoms with Gasteiger partial charge in [0, 0.05) is 18.5 Å². The summed E-state index contributed by atoms with van der Waals surface area (Å²) in [5.41, 5.74) is 1.18. The Morgan fingerprint density at radius 1 is 1.31 bits per heavy atom. The highest BCUT2D eigenvalue weighted by atomic mass is 16.1. The quantitative estimate of drug-likeness (QED) is 0.723. The molecule has 1 aromatic rings. The van der Waals surface area contributed by atoms with Gasteiger partial charge < -0.3 is 4.57 Å². The molecule has 0 spiro atoms. The molecule has 0 bridgehead atoms. The molecule has 0 amide bonds. The maximum absolute atomic E-state index is 11.9. The molecule has 1 aliphatic rings. The van der Waals surface area contributed by atoms with E-state index in [9.17, 15) is 9.59 Å². The monoisotopic (exact) mass is 218 g/mol. The summed E-state index contributed by atoms with van der Waals surface area (Å²) < 4.78 is 1.73. The smallest absolute Gasteiger partial charge is 0.209 e. The lowest BCUT2D eigenvalue weighted by Crippen LogP contribution is -2.17. The summed E-state index contributed by atoms with van der Waals surface area (Å²) in [6.45, 7) is 5.62. The molecule has 0 N–H and O–H groups in total. The van der Waals surface area contributed by atoms with Crippen LogP contribution >= 0.6 is 0 Å². The number of carbonyl (C=O) groups excluding carboxylic acids is 2. The van der Waals surface area contributed by atoms with Crippen LogP contribution < -0.4 is 0 Å².